The molecule has 1 aromatic rings. The van der Waals surface area contributed by atoms with Gasteiger partial charge in [0.05, 0.1) is 12.5 Å². The van der Waals surface area contributed by atoms with Crippen LogP contribution < -0.4 is 5.32 Å². The van der Waals surface area contributed by atoms with E-state index in [0.717, 1.165) is 12.6 Å². The van der Waals surface area contributed by atoms with Gasteiger partial charge in [-0.2, -0.15) is 0 Å². The van der Waals surface area contributed by atoms with E-state index in [4.69, 9.17) is 4.74 Å². The second kappa shape index (κ2) is 6.10. The lowest BCUT2D eigenvalue weighted by Gasteiger charge is -2.30. The summed E-state index contributed by atoms with van der Waals surface area (Å²) < 4.78 is 31.3. The summed E-state index contributed by atoms with van der Waals surface area (Å²) in [7, 11) is 0. The molecule has 2 atom stereocenters. The lowest BCUT2D eigenvalue weighted by atomic mass is 9.81. The molecule has 3 nitrogen and oxygen atoms in total. The summed E-state index contributed by atoms with van der Waals surface area (Å²) >= 11 is 0. The van der Waals surface area contributed by atoms with Gasteiger partial charge in [-0.25, -0.2) is 8.78 Å². The molecule has 0 spiro atoms. The number of esters is 1. The van der Waals surface area contributed by atoms with Crippen LogP contribution in [0.1, 0.15) is 24.8 Å². The molecule has 0 aliphatic carbocycles. The molecule has 0 radical (unpaired) electrons. The molecule has 1 heterocycles. The predicted molar refractivity (Wildman–Crippen MR) is 66.7 cm³/mol. The Morgan fingerprint density at radius 3 is 2.89 bits per heavy atom. The quantitative estimate of drug-likeness (QED) is 0.855. The highest BCUT2D eigenvalue weighted by Gasteiger charge is 2.33. The van der Waals surface area contributed by atoms with Crippen LogP contribution in [0.25, 0.3) is 0 Å². The summed E-state index contributed by atoms with van der Waals surface area (Å²) in [6, 6.07) is 3.79. The van der Waals surface area contributed by atoms with Gasteiger partial charge in [0.1, 0.15) is 0 Å². The van der Waals surface area contributed by atoms with Crippen molar-refractivity contribution >= 4 is 5.97 Å². The van der Waals surface area contributed by atoms with Crippen molar-refractivity contribution in [1.82, 2.24) is 5.32 Å². The minimum Gasteiger partial charge on any atom is -0.466 e. The maximum absolute atomic E-state index is 13.3. The third-order valence-electron chi connectivity index (χ3n) is 3.44. The zero-order valence-corrected chi connectivity index (χ0v) is 10.8. The molecule has 1 aromatic carbocycles. The number of piperidine rings is 1. The van der Waals surface area contributed by atoms with Gasteiger partial charge in [0.25, 0.3) is 0 Å². The van der Waals surface area contributed by atoms with E-state index in [9.17, 15) is 13.6 Å². The normalized spacial score (nSPS) is 23.1. The van der Waals surface area contributed by atoms with Gasteiger partial charge in [-0.1, -0.05) is 6.07 Å². The second-order valence-corrected chi connectivity index (χ2v) is 4.63. The molecule has 5 heteroatoms. The fourth-order valence-electron chi connectivity index (χ4n) is 2.48. The van der Waals surface area contributed by atoms with Crippen LogP contribution in [-0.2, 0) is 9.53 Å². The van der Waals surface area contributed by atoms with E-state index in [2.05, 4.69) is 5.32 Å². The van der Waals surface area contributed by atoms with Crippen molar-refractivity contribution in [3.63, 3.8) is 0 Å². The maximum atomic E-state index is 13.3. The molecule has 1 aliphatic heterocycles. The van der Waals surface area contributed by atoms with Crippen LogP contribution >= 0.6 is 0 Å². The molecule has 19 heavy (non-hydrogen) atoms. The molecule has 2 rings (SSSR count). The lowest BCUT2D eigenvalue weighted by Crippen LogP contribution is -2.39. The van der Waals surface area contributed by atoms with Gasteiger partial charge in [-0.05, 0) is 37.6 Å². The topological polar surface area (TPSA) is 38.3 Å². The molecule has 1 fully saturated rings. The number of carbonyl (C=O) groups is 1. The average molecular weight is 269 g/mol. The van der Waals surface area contributed by atoms with E-state index in [1.165, 1.54) is 12.1 Å². The summed E-state index contributed by atoms with van der Waals surface area (Å²) in [6.07, 6.45) is 0.641. The molecule has 1 aliphatic rings. The fourth-order valence-corrected chi connectivity index (χ4v) is 2.48. The largest absolute Gasteiger partial charge is 0.466 e. The smallest absolute Gasteiger partial charge is 0.309 e. The van der Waals surface area contributed by atoms with Crippen molar-refractivity contribution in [1.29, 1.82) is 0 Å². The first-order valence-corrected chi connectivity index (χ1v) is 6.45. The van der Waals surface area contributed by atoms with E-state index < -0.39 is 11.6 Å². The zero-order chi connectivity index (χ0) is 13.8. The molecule has 0 bridgehead atoms. The van der Waals surface area contributed by atoms with Gasteiger partial charge in [-0.3, -0.25) is 4.79 Å². The molecule has 1 N–H and O–H groups in total. The van der Waals surface area contributed by atoms with Crippen molar-refractivity contribution < 1.29 is 18.3 Å². The van der Waals surface area contributed by atoms with Crippen LogP contribution in [0, 0.1) is 17.6 Å². The first-order valence-electron chi connectivity index (χ1n) is 6.45. The number of carbonyl (C=O) groups excluding carboxylic acids is 1. The van der Waals surface area contributed by atoms with E-state index in [1.807, 2.05) is 0 Å². The Labute approximate surface area is 111 Å². The van der Waals surface area contributed by atoms with Gasteiger partial charge < -0.3 is 10.1 Å². The van der Waals surface area contributed by atoms with Crippen LogP contribution in [0.15, 0.2) is 18.2 Å². The molecule has 104 valence electrons. The Morgan fingerprint density at radius 2 is 2.21 bits per heavy atom. The van der Waals surface area contributed by atoms with E-state index in [1.54, 1.807) is 6.92 Å². The summed E-state index contributed by atoms with van der Waals surface area (Å²) in [5, 5.41) is 3.17. The highest BCUT2D eigenvalue weighted by Crippen LogP contribution is 2.31. The standard InChI is InChI=1S/C14H17F2NO2/c1-2-19-14(18)10-5-6-17-8-11(10)9-3-4-12(15)13(16)7-9/h3-4,7,10-11,17H,2,5-6,8H2,1H3/t10-,11+/m0/s1. The third-order valence-corrected chi connectivity index (χ3v) is 3.44. The van der Waals surface area contributed by atoms with E-state index in [-0.39, 0.29) is 17.8 Å². The average Bonchev–Trinajstić information content (AvgIpc) is 2.42. The van der Waals surface area contributed by atoms with Gasteiger partial charge in [0, 0.05) is 12.5 Å². The Bertz CT molecular complexity index is 465. The second-order valence-electron chi connectivity index (χ2n) is 4.63. The monoisotopic (exact) mass is 269 g/mol. The Kier molecular flexibility index (Phi) is 4.47. The fraction of sp³-hybridized carbons (Fsp3) is 0.500. The van der Waals surface area contributed by atoms with Crippen LogP contribution in [0.4, 0.5) is 8.78 Å². The highest BCUT2D eigenvalue weighted by molar-refractivity contribution is 5.74. The van der Waals surface area contributed by atoms with E-state index in [0.29, 0.717) is 25.1 Å². The number of rotatable bonds is 3. The van der Waals surface area contributed by atoms with Gasteiger partial charge in [-0.15, -0.1) is 0 Å². The number of benzene rings is 1. The highest BCUT2D eigenvalue weighted by atomic mass is 19.2. The molecule has 0 unspecified atom stereocenters. The van der Waals surface area contributed by atoms with Crippen molar-refractivity contribution in [3.8, 4) is 0 Å². The number of nitrogens with one attached hydrogen (secondary N) is 1. The number of hydrogen-bond acceptors (Lipinski definition) is 3. The van der Waals surface area contributed by atoms with Crippen LogP contribution in [0.2, 0.25) is 0 Å². The number of hydrogen-bond donors (Lipinski definition) is 1. The van der Waals surface area contributed by atoms with Crippen LogP contribution in [-0.4, -0.2) is 25.7 Å². The molecular weight excluding hydrogens is 252 g/mol. The minimum atomic E-state index is -0.884. The molecule has 0 aromatic heterocycles. The summed E-state index contributed by atoms with van der Waals surface area (Å²) in [4.78, 5) is 11.9. The van der Waals surface area contributed by atoms with Gasteiger partial charge in [0.2, 0.25) is 0 Å². The Morgan fingerprint density at radius 1 is 1.42 bits per heavy atom. The number of ether oxygens (including phenoxy) is 1. The lowest BCUT2D eigenvalue weighted by molar-refractivity contribution is -0.149. The third kappa shape index (κ3) is 3.10. The molecular formula is C14H17F2NO2. The van der Waals surface area contributed by atoms with Crippen molar-refractivity contribution in [2.75, 3.05) is 19.7 Å². The summed E-state index contributed by atoms with van der Waals surface area (Å²) in [5.41, 5.74) is 0.629. The first-order chi connectivity index (χ1) is 9.13. The van der Waals surface area contributed by atoms with Gasteiger partial charge in [0.15, 0.2) is 11.6 Å². The Balaban J connectivity index is 2.23. The predicted octanol–water partition coefficient (Wildman–Crippen LogP) is 2.22. The number of halogens is 2. The van der Waals surface area contributed by atoms with Gasteiger partial charge >= 0.3 is 5.97 Å². The van der Waals surface area contributed by atoms with Crippen LogP contribution in [0.5, 0.6) is 0 Å². The van der Waals surface area contributed by atoms with Crippen molar-refractivity contribution in [3.05, 3.63) is 35.4 Å². The maximum Gasteiger partial charge on any atom is 0.309 e. The molecule has 0 saturated carbocycles. The van der Waals surface area contributed by atoms with Crippen molar-refractivity contribution in [2.24, 2.45) is 5.92 Å². The van der Waals surface area contributed by atoms with E-state index >= 15 is 0 Å². The zero-order valence-electron chi connectivity index (χ0n) is 10.8. The summed E-state index contributed by atoms with van der Waals surface area (Å²) in [5.74, 6) is -2.50. The minimum absolute atomic E-state index is 0.178. The molecule has 1 saturated heterocycles. The summed E-state index contributed by atoms with van der Waals surface area (Å²) in [6.45, 7) is 3.37. The van der Waals surface area contributed by atoms with Crippen LogP contribution in [0.3, 0.4) is 0 Å². The SMILES string of the molecule is CCOC(=O)[C@H]1CCNC[C@@H]1c1ccc(F)c(F)c1. The Hall–Kier alpha value is -1.49. The first kappa shape index (κ1) is 13.9. The molecule has 0 amide bonds. The van der Waals surface area contributed by atoms with Crippen molar-refractivity contribution in [2.45, 2.75) is 19.3 Å².